The van der Waals surface area contributed by atoms with E-state index in [4.69, 9.17) is 0 Å². The summed E-state index contributed by atoms with van der Waals surface area (Å²) < 4.78 is 0.404. The van der Waals surface area contributed by atoms with Crippen LogP contribution >= 0.6 is 11.8 Å². The van der Waals surface area contributed by atoms with Crippen LogP contribution in [0.1, 0.15) is 39.5 Å². The molecule has 2 fully saturated rings. The molecular weight excluding hydrogens is 230 g/mol. The van der Waals surface area contributed by atoms with Gasteiger partial charge in [0.1, 0.15) is 0 Å². The third kappa shape index (κ3) is 3.80. The lowest BCUT2D eigenvalue weighted by Gasteiger charge is -2.24. The van der Waals surface area contributed by atoms with E-state index >= 15 is 0 Å². The molecule has 1 heterocycles. The molecule has 1 saturated heterocycles. The largest absolute Gasteiger partial charge is 0.356 e. The minimum Gasteiger partial charge on any atom is -0.356 e. The first-order valence-corrected chi connectivity index (χ1v) is 7.62. The lowest BCUT2D eigenvalue weighted by atomic mass is 10.1. The van der Waals surface area contributed by atoms with Crippen molar-refractivity contribution in [1.29, 1.82) is 0 Å². The topological polar surface area (TPSA) is 36.4 Å². The second kappa shape index (κ2) is 5.09. The Hall–Kier alpha value is -0.380. The molecule has 0 radical (unpaired) electrons. The Balaban J connectivity index is 1.72. The Labute approximate surface area is 109 Å². The molecule has 0 bridgehead atoms. The van der Waals surface area contributed by atoms with Crippen LogP contribution in [0, 0.1) is 5.41 Å². The van der Waals surface area contributed by atoms with Crippen LogP contribution in [0.15, 0.2) is 4.99 Å². The van der Waals surface area contributed by atoms with E-state index < -0.39 is 0 Å². The lowest BCUT2D eigenvalue weighted by molar-refractivity contribution is 0.540. The van der Waals surface area contributed by atoms with Crippen molar-refractivity contribution in [2.75, 3.05) is 25.9 Å². The highest BCUT2D eigenvalue weighted by Gasteiger charge is 2.37. The van der Waals surface area contributed by atoms with E-state index in [1.807, 2.05) is 7.05 Å². The highest BCUT2D eigenvalue weighted by molar-refractivity contribution is 8.00. The van der Waals surface area contributed by atoms with Crippen molar-refractivity contribution in [2.24, 2.45) is 10.4 Å². The summed E-state index contributed by atoms with van der Waals surface area (Å²) in [6.45, 7) is 6.76. The summed E-state index contributed by atoms with van der Waals surface area (Å²) in [5.74, 6) is 2.27. The van der Waals surface area contributed by atoms with Gasteiger partial charge in [-0.3, -0.25) is 4.99 Å². The third-order valence-electron chi connectivity index (χ3n) is 3.94. The summed E-state index contributed by atoms with van der Waals surface area (Å²) >= 11 is 2.09. The number of nitrogens with one attached hydrogen (secondary N) is 2. The minimum atomic E-state index is 0.404. The predicted octanol–water partition coefficient (Wildman–Crippen LogP) is 2.24. The Morgan fingerprint density at radius 1 is 1.18 bits per heavy atom. The van der Waals surface area contributed by atoms with Crippen molar-refractivity contribution in [3.63, 3.8) is 0 Å². The average Bonchev–Trinajstić information content (AvgIpc) is 2.88. The van der Waals surface area contributed by atoms with Crippen LogP contribution in [-0.2, 0) is 0 Å². The zero-order valence-electron chi connectivity index (χ0n) is 11.3. The minimum absolute atomic E-state index is 0.404. The molecule has 98 valence electrons. The molecule has 1 atom stereocenters. The predicted molar refractivity (Wildman–Crippen MR) is 76.8 cm³/mol. The molecule has 0 amide bonds. The van der Waals surface area contributed by atoms with E-state index in [-0.39, 0.29) is 0 Å². The summed E-state index contributed by atoms with van der Waals surface area (Å²) in [5.41, 5.74) is 0.531. The molecule has 1 saturated carbocycles. The van der Waals surface area contributed by atoms with Gasteiger partial charge < -0.3 is 10.6 Å². The summed E-state index contributed by atoms with van der Waals surface area (Å²) in [5, 5.41) is 6.91. The number of rotatable bonds is 4. The smallest absolute Gasteiger partial charge is 0.191 e. The molecule has 4 heteroatoms. The summed E-state index contributed by atoms with van der Waals surface area (Å²) in [6, 6.07) is 0. The molecule has 0 spiro atoms. The maximum atomic E-state index is 4.30. The maximum absolute atomic E-state index is 4.30. The molecule has 0 aromatic rings. The van der Waals surface area contributed by atoms with E-state index in [2.05, 4.69) is 41.2 Å². The number of nitrogens with zero attached hydrogens (tertiary/aromatic N) is 1. The zero-order chi connectivity index (χ0) is 12.4. The summed E-state index contributed by atoms with van der Waals surface area (Å²) in [7, 11) is 1.86. The van der Waals surface area contributed by atoms with Crippen molar-refractivity contribution in [3.05, 3.63) is 0 Å². The van der Waals surface area contributed by atoms with E-state index in [9.17, 15) is 0 Å². The standard InChI is InChI=1S/C13H25N3S/c1-12(6-7-12)9-15-11(14-3)16-10-13(2)5-4-8-17-13/h4-10H2,1-3H3,(H2,14,15,16). The summed E-state index contributed by atoms with van der Waals surface area (Å²) in [4.78, 5) is 4.30. The highest BCUT2D eigenvalue weighted by atomic mass is 32.2. The van der Waals surface area contributed by atoms with Gasteiger partial charge >= 0.3 is 0 Å². The van der Waals surface area contributed by atoms with Gasteiger partial charge in [0, 0.05) is 24.9 Å². The van der Waals surface area contributed by atoms with Crippen LogP contribution in [0.5, 0.6) is 0 Å². The molecule has 0 aromatic heterocycles. The maximum Gasteiger partial charge on any atom is 0.191 e. The van der Waals surface area contributed by atoms with Crippen LogP contribution in [0.3, 0.4) is 0 Å². The van der Waals surface area contributed by atoms with E-state index in [1.54, 1.807) is 0 Å². The number of aliphatic imine (C=N–C) groups is 1. The van der Waals surface area contributed by atoms with Crippen molar-refractivity contribution in [3.8, 4) is 0 Å². The molecule has 2 rings (SSSR count). The summed E-state index contributed by atoms with van der Waals surface area (Å²) in [6.07, 6.45) is 5.38. The third-order valence-corrected chi connectivity index (χ3v) is 5.48. The van der Waals surface area contributed by atoms with Crippen molar-refractivity contribution >= 4 is 17.7 Å². The monoisotopic (exact) mass is 255 g/mol. The molecule has 1 aliphatic carbocycles. The molecular formula is C13H25N3S. The molecule has 1 unspecified atom stereocenters. The van der Waals surface area contributed by atoms with Crippen molar-refractivity contribution in [2.45, 2.75) is 44.3 Å². The first kappa shape index (κ1) is 13.1. The van der Waals surface area contributed by atoms with Gasteiger partial charge in [0.05, 0.1) is 0 Å². The van der Waals surface area contributed by atoms with Gasteiger partial charge in [0.15, 0.2) is 5.96 Å². The van der Waals surface area contributed by atoms with Crippen molar-refractivity contribution < 1.29 is 0 Å². The first-order chi connectivity index (χ1) is 8.05. The van der Waals surface area contributed by atoms with Crippen LogP contribution < -0.4 is 10.6 Å². The van der Waals surface area contributed by atoms with E-state index in [0.29, 0.717) is 10.2 Å². The molecule has 2 aliphatic rings. The number of hydrogen-bond donors (Lipinski definition) is 2. The molecule has 3 nitrogen and oxygen atoms in total. The Morgan fingerprint density at radius 2 is 1.88 bits per heavy atom. The Kier molecular flexibility index (Phi) is 3.91. The van der Waals surface area contributed by atoms with Gasteiger partial charge in [-0.1, -0.05) is 6.92 Å². The Morgan fingerprint density at radius 3 is 2.41 bits per heavy atom. The molecule has 17 heavy (non-hydrogen) atoms. The van der Waals surface area contributed by atoms with E-state index in [1.165, 1.54) is 31.4 Å². The quantitative estimate of drug-likeness (QED) is 0.597. The van der Waals surface area contributed by atoms with Crippen LogP contribution in [0.25, 0.3) is 0 Å². The zero-order valence-corrected chi connectivity index (χ0v) is 12.1. The van der Waals surface area contributed by atoms with Gasteiger partial charge in [-0.05, 0) is 43.8 Å². The number of thioether (sulfide) groups is 1. The van der Waals surface area contributed by atoms with Crippen LogP contribution in [0.2, 0.25) is 0 Å². The second-order valence-corrected chi connectivity index (χ2v) is 7.67. The fraction of sp³-hybridized carbons (Fsp3) is 0.923. The van der Waals surface area contributed by atoms with Crippen LogP contribution in [0.4, 0.5) is 0 Å². The van der Waals surface area contributed by atoms with Gasteiger partial charge in [-0.2, -0.15) is 11.8 Å². The van der Waals surface area contributed by atoms with Gasteiger partial charge in [0.25, 0.3) is 0 Å². The van der Waals surface area contributed by atoms with Crippen molar-refractivity contribution in [1.82, 2.24) is 10.6 Å². The number of hydrogen-bond acceptors (Lipinski definition) is 2. The fourth-order valence-electron chi connectivity index (χ4n) is 2.15. The van der Waals surface area contributed by atoms with Crippen LogP contribution in [-0.4, -0.2) is 36.6 Å². The Bertz CT molecular complexity index is 291. The van der Waals surface area contributed by atoms with E-state index in [0.717, 1.165) is 19.0 Å². The normalized spacial score (nSPS) is 31.4. The first-order valence-electron chi connectivity index (χ1n) is 6.64. The number of guanidine groups is 1. The lowest BCUT2D eigenvalue weighted by Crippen LogP contribution is -2.45. The van der Waals surface area contributed by atoms with Gasteiger partial charge in [-0.15, -0.1) is 0 Å². The SMILES string of the molecule is CN=C(NCC1(C)CC1)NCC1(C)CCCS1. The highest BCUT2D eigenvalue weighted by Crippen LogP contribution is 2.44. The molecule has 1 aliphatic heterocycles. The second-order valence-electron chi connectivity index (χ2n) is 5.99. The van der Waals surface area contributed by atoms with Gasteiger partial charge in [-0.25, -0.2) is 0 Å². The molecule has 2 N–H and O–H groups in total. The van der Waals surface area contributed by atoms with Gasteiger partial charge in [0.2, 0.25) is 0 Å². The fourth-order valence-corrected chi connectivity index (χ4v) is 3.40. The average molecular weight is 255 g/mol. The molecule has 0 aromatic carbocycles.